The summed E-state index contributed by atoms with van der Waals surface area (Å²) in [6, 6.07) is 4.10. The molecule has 0 saturated carbocycles. The molecule has 3 rings (SSSR count). The van der Waals surface area contributed by atoms with Crippen molar-refractivity contribution >= 4 is 0 Å². The van der Waals surface area contributed by atoms with E-state index in [-0.39, 0.29) is 12.2 Å². The smallest absolute Gasteiger partial charge is 0.123 e. The standard InChI is InChI=1S/C14H19NO4/c1-10-6-11(13-8-16-2-4-18-13)15-12(7-10)14-9-17-3-5-19-14/h6-7,13-14H,2-5,8-9H2,1H3. The average Bonchev–Trinajstić information content (AvgIpc) is 2.48. The van der Waals surface area contributed by atoms with Crippen molar-refractivity contribution in [1.82, 2.24) is 4.98 Å². The highest BCUT2D eigenvalue weighted by atomic mass is 16.6. The Bertz CT molecular complexity index is 389. The Balaban J connectivity index is 1.82. The van der Waals surface area contributed by atoms with Gasteiger partial charge in [-0.05, 0) is 24.6 Å². The van der Waals surface area contributed by atoms with Crippen LogP contribution in [-0.2, 0) is 18.9 Å². The van der Waals surface area contributed by atoms with Crippen LogP contribution in [0.4, 0.5) is 0 Å². The number of pyridine rings is 1. The molecule has 19 heavy (non-hydrogen) atoms. The summed E-state index contributed by atoms with van der Waals surface area (Å²) in [5.74, 6) is 0. The van der Waals surface area contributed by atoms with Crippen LogP contribution >= 0.6 is 0 Å². The summed E-state index contributed by atoms with van der Waals surface area (Å²) in [4.78, 5) is 4.67. The van der Waals surface area contributed by atoms with Gasteiger partial charge in [-0.15, -0.1) is 0 Å². The highest BCUT2D eigenvalue weighted by molar-refractivity contribution is 5.23. The van der Waals surface area contributed by atoms with Gasteiger partial charge in [-0.3, -0.25) is 4.98 Å². The lowest BCUT2D eigenvalue weighted by atomic mass is 10.1. The zero-order chi connectivity index (χ0) is 13.1. The van der Waals surface area contributed by atoms with Gasteiger partial charge < -0.3 is 18.9 Å². The van der Waals surface area contributed by atoms with Crippen molar-refractivity contribution in [2.45, 2.75) is 19.1 Å². The molecule has 0 N–H and O–H groups in total. The van der Waals surface area contributed by atoms with Crippen LogP contribution in [0, 0.1) is 6.92 Å². The van der Waals surface area contributed by atoms with Gasteiger partial charge >= 0.3 is 0 Å². The Labute approximate surface area is 112 Å². The van der Waals surface area contributed by atoms with Gasteiger partial charge in [0.05, 0.1) is 51.0 Å². The van der Waals surface area contributed by atoms with E-state index in [0.29, 0.717) is 39.6 Å². The van der Waals surface area contributed by atoms with Gasteiger partial charge in [0.15, 0.2) is 0 Å². The first-order valence-electron chi connectivity index (χ1n) is 6.70. The van der Waals surface area contributed by atoms with Crippen LogP contribution in [0.1, 0.15) is 29.2 Å². The van der Waals surface area contributed by atoms with E-state index < -0.39 is 0 Å². The van der Waals surface area contributed by atoms with E-state index in [1.165, 1.54) is 0 Å². The summed E-state index contributed by atoms with van der Waals surface area (Å²) in [5, 5.41) is 0. The van der Waals surface area contributed by atoms with Crippen LogP contribution in [0.2, 0.25) is 0 Å². The summed E-state index contributed by atoms with van der Waals surface area (Å²) >= 11 is 0. The molecule has 3 heterocycles. The molecule has 2 atom stereocenters. The molecule has 2 unspecified atom stereocenters. The van der Waals surface area contributed by atoms with E-state index in [1.807, 2.05) is 12.1 Å². The zero-order valence-electron chi connectivity index (χ0n) is 11.1. The number of hydrogen-bond donors (Lipinski definition) is 0. The first-order valence-corrected chi connectivity index (χ1v) is 6.70. The van der Waals surface area contributed by atoms with Gasteiger partial charge in [0.25, 0.3) is 0 Å². The van der Waals surface area contributed by atoms with Crippen molar-refractivity contribution in [1.29, 1.82) is 0 Å². The van der Waals surface area contributed by atoms with E-state index >= 15 is 0 Å². The van der Waals surface area contributed by atoms with Crippen LogP contribution in [0.25, 0.3) is 0 Å². The Morgan fingerprint density at radius 3 is 1.84 bits per heavy atom. The third-order valence-corrected chi connectivity index (χ3v) is 3.30. The summed E-state index contributed by atoms with van der Waals surface area (Å²) in [5.41, 5.74) is 3.00. The molecule has 1 aromatic rings. The van der Waals surface area contributed by atoms with Gasteiger partial charge in [-0.25, -0.2) is 0 Å². The molecule has 0 bridgehead atoms. The summed E-state index contributed by atoms with van der Waals surface area (Å²) < 4.78 is 22.3. The van der Waals surface area contributed by atoms with Crippen molar-refractivity contribution in [3.05, 3.63) is 29.1 Å². The molecule has 2 aliphatic heterocycles. The maximum Gasteiger partial charge on any atom is 0.123 e. The summed E-state index contributed by atoms with van der Waals surface area (Å²) in [6.45, 7) is 5.76. The fourth-order valence-corrected chi connectivity index (χ4v) is 2.37. The van der Waals surface area contributed by atoms with Gasteiger partial charge in [0.2, 0.25) is 0 Å². The second kappa shape index (κ2) is 5.96. The molecule has 5 nitrogen and oxygen atoms in total. The molecule has 2 saturated heterocycles. The average molecular weight is 265 g/mol. The number of hydrogen-bond acceptors (Lipinski definition) is 5. The van der Waals surface area contributed by atoms with Crippen LogP contribution < -0.4 is 0 Å². The lowest BCUT2D eigenvalue weighted by Gasteiger charge is -2.26. The van der Waals surface area contributed by atoms with Gasteiger partial charge in [0, 0.05) is 0 Å². The van der Waals surface area contributed by atoms with E-state index in [4.69, 9.17) is 18.9 Å². The summed E-state index contributed by atoms with van der Waals surface area (Å²) in [7, 11) is 0. The maximum absolute atomic E-state index is 5.70. The van der Waals surface area contributed by atoms with Crippen LogP contribution in [-0.4, -0.2) is 44.6 Å². The van der Waals surface area contributed by atoms with Gasteiger partial charge in [-0.2, -0.15) is 0 Å². The topological polar surface area (TPSA) is 49.8 Å². The molecule has 1 aromatic heterocycles. The predicted octanol–water partition coefficient (Wildman–Crippen LogP) is 1.57. The molecule has 0 spiro atoms. The second-order valence-electron chi connectivity index (χ2n) is 4.86. The predicted molar refractivity (Wildman–Crippen MR) is 68.0 cm³/mol. The number of aryl methyl sites for hydroxylation is 1. The van der Waals surface area contributed by atoms with Gasteiger partial charge in [-0.1, -0.05) is 0 Å². The molecule has 0 aliphatic carbocycles. The minimum Gasteiger partial charge on any atom is -0.376 e. The highest BCUT2D eigenvalue weighted by Gasteiger charge is 2.22. The number of aromatic nitrogens is 1. The molecule has 0 aromatic carbocycles. The second-order valence-corrected chi connectivity index (χ2v) is 4.86. The minimum atomic E-state index is -0.0723. The van der Waals surface area contributed by atoms with Crippen LogP contribution in [0.15, 0.2) is 12.1 Å². The molecule has 0 amide bonds. The fourth-order valence-electron chi connectivity index (χ4n) is 2.37. The SMILES string of the molecule is Cc1cc(C2COCCO2)nc(C2COCCO2)c1. The van der Waals surface area contributed by atoms with E-state index in [9.17, 15) is 0 Å². The quantitative estimate of drug-likeness (QED) is 0.812. The first-order chi connectivity index (χ1) is 9.33. The number of ether oxygens (including phenoxy) is 4. The molecule has 0 radical (unpaired) electrons. The minimum absolute atomic E-state index is 0.0723. The Morgan fingerprint density at radius 1 is 0.895 bits per heavy atom. The lowest BCUT2D eigenvalue weighted by Crippen LogP contribution is -2.25. The fraction of sp³-hybridized carbons (Fsp3) is 0.643. The number of rotatable bonds is 2. The van der Waals surface area contributed by atoms with Gasteiger partial charge in [0.1, 0.15) is 12.2 Å². The third-order valence-electron chi connectivity index (χ3n) is 3.30. The van der Waals surface area contributed by atoms with Crippen molar-refractivity contribution < 1.29 is 18.9 Å². The molecule has 104 valence electrons. The zero-order valence-corrected chi connectivity index (χ0v) is 11.1. The largest absolute Gasteiger partial charge is 0.376 e. The molecular formula is C14H19NO4. The molecule has 5 heteroatoms. The highest BCUT2D eigenvalue weighted by Crippen LogP contribution is 2.25. The Morgan fingerprint density at radius 2 is 1.42 bits per heavy atom. The normalized spacial score (nSPS) is 28.3. The van der Waals surface area contributed by atoms with Crippen molar-refractivity contribution in [3.63, 3.8) is 0 Å². The lowest BCUT2D eigenvalue weighted by molar-refractivity contribution is -0.0962. The molecular weight excluding hydrogens is 246 g/mol. The maximum atomic E-state index is 5.70. The van der Waals surface area contributed by atoms with E-state index in [1.54, 1.807) is 0 Å². The molecule has 2 fully saturated rings. The van der Waals surface area contributed by atoms with Crippen molar-refractivity contribution in [2.75, 3.05) is 39.6 Å². The van der Waals surface area contributed by atoms with Crippen molar-refractivity contribution in [3.8, 4) is 0 Å². The van der Waals surface area contributed by atoms with E-state index in [2.05, 4.69) is 11.9 Å². The Hall–Kier alpha value is -1.01. The van der Waals surface area contributed by atoms with Crippen molar-refractivity contribution in [2.24, 2.45) is 0 Å². The van der Waals surface area contributed by atoms with Crippen LogP contribution in [0.3, 0.4) is 0 Å². The summed E-state index contributed by atoms with van der Waals surface area (Å²) in [6.07, 6.45) is -0.145. The van der Waals surface area contributed by atoms with Crippen LogP contribution in [0.5, 0.6) is 0 Å². The Kier molecular flexibility index (Phi) is 4.08. The van der Waals surface area contributed by atoms with E-state index in [0.717, 1.165) is 17.0 Å². The number of nitrogens with zero attached hydrogens (tertiary/aromatic N) is 1. The third kappa shape index (κ3) is 3.12. The monoisotopic (exact) mass is 265 g/mol. The first kappa shape index (κ1) is 13.0. The molecule has 2 aliphatic rings.